The molecule has 2 aromatic carbocycles. The van der Waals surface area contributed by atoms with E-state index in [-0.39, 0.29) is 29.7 Å². The second-order valence-electron chi connectivity index (χ2n) is 7.72. The van der Waals surface area contributed by atoms with Crippen LogP contribution in [-0.2, 0) is 16.1 Å². The van der Waals surface area contributed by atoms with Gasteiger partial charge in [0.15, 0.2) is 11.5 Å². The van der Waals surface area contributed by atoms with Gasteiger partial charge in [0.2, 0.25) is 0 Å². The summed E-state index contributed by atoms with van der Waals surface area (Å²) in [7, 11) is 0. The van der Waals surface area contributed by atoms with Crippen LogP contribution in [0.1, 0.15) is 28.6 Å². The van der Waals surface area contributed by atoms with Crippen molar-refractivity contribution in [3.8, 4) is 0 Å². The molecular weight excluding hydrogens is 418 g/mol. The highest BCUT2D eigenvalue weighted by Crippen LogP contribution is 2.32. The molecule has 162 valence electrons. The molecule has 1 aliphatic rings. The van der Waals surface area contributed by atoms with Gasteiger partial charge in [0.05, 0.1) is 12.1 Å². The number of Topliss-reactive ketones (excluding diaryl/α,β-unsaturated/α-hetero) is 1. The van der Waals surface area contributed by atoms with E-state index >= 15 is 0 Å². The van der Waals surface area contributed by atoms with Gasteiger partial charge in [0.25, 0.3) is 11.8 Å². The Hall–Kier alpha value is -4.52. The van der Waals surface area contributed by atoms with Gasteiger partial charge in [-0.2, -0.15) is 0 Å². The van der Waals surface area contributed by atoms with Crippen LogP contribution >= 0.6 is 0 Å². The number of carbonyl (C=O) groups is 3. The number of rotatable bonds is 6. The summed E-state index contributed by atoms with van der Waals surface area (Å²) in [5, 5.41) is 3.86. The maximum Gasteiger partial charge on any atom is 0.278 e. The Balaban J connectivity index is 1.54. The summed E-state index contributed by atoms with van der Waals surface area (Å²) in [5.74, 6) is -0.696. The smallest absolute Gasteiger partial charge is 0.278 e. The van der Waals surface area contributed by atoms with Crippen molar-refractivity contribution in [2.45, 2.75) is 13.5 Å². The summed E-state index contributed by atoms with van der Waals surface area (Å²) < 4.78 is 5.54. The lowest BCUT2D eigenvalue weighted by Crippen LogP contribution is -2.32. The van der Waals surface area contributed by atoms with Gasteiger partial charge in [-0.15, -0.1) is 0 Å². The van der Waals surface area contributed by atoms with E-state index in [4.69, 9.17) is 4.42 Å². The molecule has 2 aromatic heterocycles. The lowest BCUT2D eigenvalue weighted by atomic mass is 10.0. The van der Waals surface area contributed by atoms with Gasteiger partial charge in [0, 0.05) is 30.4 Å². The fourth-order valence-corrected chi connectivity index (χ4v) is 3.82. The van der Waals surface area contributed by atoms with Crippen molar-refractivity contribution < 1.29 is 18.8 Å². The van der Waals surface area contributed by atoms with Gasteiger partial charge in [-0.1, -0.05) is 36.4 Å². The number of nitrogens with zero attached hydrogens (tertiary/aromatic N) is 2. The average Bonchev–Trinajstić information content (AvgIpc) is 3.35. The number of hydrogen-bond acceptors (Lipinski definition) is 6. The second-order valence-corrected chi connectivity index (χ2v) is 7.72. The summed E-state index contributed by atoms with van der Waals surface area (Å²) in [5.41, 5.74) is 3.08. The Morgan fingerprint density at radius 1 is 1.00 bits per heavy atom. The Kier molecular flexibility index (Phi) is 5.06. The Morgan fingerprint density at radius 2 is 1.82 bits per heavy atom. The highest BCUT2D eigenvalue weighted by Gasteiger charge is 2.39. The molecule has 0 saturated heterocycles. The first kappa shape index (κ1) is 20.4. The maximum atomic E-state index is 13.4. The van der Waals surface area contributed by atoms with Gasteiger partial charge in [-0.25, -0.2) is 0 Å². The molecule has 0 spiro atoms. The molecule has 33 heavy (non-hydrogen) atoms. The highest BCUT2D eigenvalue weighted by molar-refractivity contribution is 6.36. The minimum atomic E-state index is -0.417. The molecule has 0 fully saturated rings. The zero-order valence-corrected chi connectivity index (χ0v) is 17.7. The molecule has 3 heterocycles. The van der Waals surface area contributed by atoms with Crippen LogP contribution in [0.3, 0.4) is 0 Å². The van der Waals surface area contributed by atoms with Crippen LogP contribution < -0.4 is 5.32 Å². The van der Waals surface area contributed by atoms with Crippen LogP contribution in [0.15, 0.2) is 89.2 Å². The van der Waals surface area contributed by atoms with Crippen LogP contribution in [0.5, 0.6) is 0 Å². The van der Waals surface area contributed by atoms with Crippen LogP contribution in [0.4, 0.5) is 5.69 Å². The van der Waals surface area contributed by atoms with E-state index in [9.17, 15) is 14.4 Å². The number of benzene rings is 2. The number of carbonyl (C=O) groups excluding carboxylic acids is 3. The minimum absolute atomic E-state index is 0.121. The number of nitrogens with one attached hydrogen (secondary N) is 1. The molecule has 4 aromatic rings. The number of ketones is 1. The van der Waals surface area contributed by atoms with Gasteiger partial charge in [-0.3, -0.25) is 24.3 Å². The summed E-state index contributed by atoms with van der Waals surface area (Å²) in [6.45, 7) is 1.56. The number of furan rings is 1. The molecule has 7 nitrogen and oxygen atoms in total. The van der Waals surface area contributed by atoms with E-state index in [1.807, 2.05) is 24.3 Å². The van der Waals surface area contributed by atoms with Crippen LogP contribution in [0.25, 0.3) is 16.5 Å². The molecule has 0 unspecified atom stereocenters. The first-order chi connectivity index (χ1) is 16.0. The predicted molar refractivity (Wildman–Crippen MR) is 123 cm³/mol. The van der Waals surface area contributed by atoms with E-state index in [0.29, 0.717) is 22.4 Å². The molecule has 7 heteroatoms. The van der Waals surface area contributed by atoms with E-state index in [1.165, 1.54) is 11.8 Å². The van der Waals surface area contributed by atoms with Crippen LogP contribution in [0, 0.1) is 0 Å². The van der Waals surface area contributed by atoms with Crippen molar-refractivity contribution in [2.75, 3.05) is 5.32 Å². The van der Waals surface area contributed by atoms with Crippen molar-refractivity contribution in [2.24, 2.45) is 0 Å². The Labute approximate surface area is 189 Å². The Morgan fingerprint density at radius 3 is 2.55 bits per heavy atom. The van der Waals surface area contributed by atoms with Crippen molar-refractivity contribution in [1.82, 2.24) is 9.88 Å². The van der Waals surface area contributed by atoms with Crippen molar-refractivity contribution in [1.29, 1.82) is 0 Å². The minimum Gasteiger partial charge on any atom is -0.453 e. The number of aromatic nitrogens is 1. The van der Waals surface area contributed by atoms with Crippen molar-refractivity contribution in [3.05, 3.63) is 102 Å². The first-order valence-corrected chi connectivity index (χ1v) is 10.4. The number of amides is 2. The average molecular weight is 437 g/mol. The first-order valence-electron chi connectivity index (χ1n) is 10.4. The highest BCUT2D eigenvalue weighted by atomic mass is 16.3. The molecule has 2 amide bonds. The third kappa shape index (κ3) is 3.80. The third-order valence-corrected chi connectivity index (χ3v) is 5.43. The Bertz CT molecular complexity index is 1420. The second kappa shape index (κ2) is 8.20. The topological polar surface area (TPSA) is 92.5 Å². The molecule has 1 N–H and O–H groups in total. The molecule has 5 rings (SSSR count). The lowest BCUT2D eigenvalue weighted by molar-refractivity contribution is -0.137. The predicted octanol–water partition coefficient (Wildman–Crippen LogP) is 4.42. The van der Waals surface area contributed by atoms with E-state index < -0.39 is 5.91 Å². The number of imide groups is 1. The summed E-state index contributed by atoms with van der Waals surface area (Å²) in [6.07, 6.45) is 3.27. The zero-order chi connectivity index (χ0) is 22.9. The molecule has 0 bridgehead atoms. The van der Waals surface area contributed by atoms with E-state index in [2.05, 4.69) is 10.3 Å². The lowest BCUT2D eigenvalue weighted by Gasteiger charge is -2.15. The molecule has 0 saturated carbocycles. The molecular formula is C26H19N3O4. The zero-order valence-electron chi connectivity index (χ0n) is 17.7. The van der Waals surface area contributed by atoms with Gasteiger partial charge < -0.3 is 9.73 Å². The maximum absolute atomic E-state index is 13.4. The van der Waals surface area contributed by atoms with Gasteiger partial charge >= 0.3 is 0 Å². The summed E-state index contributed by atoms with van der Waals surface area (Å²) >= 11 is 0. The van der Waals surface area contributed by atoms with Gasteiger partial charge in [0.1, 0.15) is 11.3 Å². The molecule has 0 aliphatic carbocycles. The molecule has 0 radical (unpaired) electrons. The van der Waals surface area contributed by atoms with Crippen LogP contribution in [-0.4, -0.2) is 27.5 Å². The van der Waals surface area contributed by atoms with E-state index in [0.717, 1.165) is 10.9 Å². The molecule has 1 aliphatic heterocycles. The standard InChI is InChI=1S/C26H19N3O4/c1-16(30)22-13-19-12-20(9-10-21(19)33-22)28-24-23(18-7-3-2-4-8-18)25(31)29(26(24)32)15-17-6-5-11-27-14-17/h2-14,28H,15H2,1H3. The number of pyridine rings is 1. The largest absolute Gasteiger partial charge is 0.453 e. The fourth-order valence-electron chi connectivity index (χ4n) is 3.82. The number of hydrogen-bond donors (Lipinski definition) is 1. The van der Waals surface area contributed by atoms with E-state index in [1.54, 1.807) is 54.9 Å². The number of anilines is 1. The normalized spacial score (nSPS) is 13.8. The monoisotopic (exact) mass is 437 g/mol. The van der Waals surface area contributed by atoms with Crippen LogP contribution in [0.2, 0.25) is 0 Å². The number of fused-ring (bicyclic) bond motifs is 1. The SMILES string of the molecule is CC(=O)c1cc2cc(NC3=C(c4ccccc4)C(=O)N(Cc4cccnc4)C3=O)ccc2o1. The van der Waals surface area contributed by atoms with Crippen molar-refractivity contribution >= 4 is 39.8 Å². The summed E-state index contributed by atoms with van der Waals surface area (Å²) in [6, 6.07) is 19.6. The van der Waals surface area contributed by atoms with Crippen molar-refractivity contribution in [3.63, 3.8) is 0 Å². The third-order valence-electron chi connectivity index (χ3n) is 5.43. The summed E-state index contributed by atoms with van der Waals surface area (Å²) in [4.78, 5) is 43.6. The molecule has 0 atom stereocenters. The fraction of sp³-hybridized carbons (Fsp3) is 0.0769. The quantitative estimate of drug-likeness (QED) is 0.355. The van der Waals surface area contributed by atoms with Gasteiger partial charge in [-0.05, 0) is 41.5 Å².